The van der Waals surface area contributed by atoms with E-state index < -0.39 is 0 Å². The number of hydrogen-bond acceptors (Lipinski definition) is 5. The van der Waals surface area contributed by atoms with Crippen LogP contribution in [0.3, 0.4) is 0 Å². The van der Waals surface area contributed by atoms with Crippen LogP contribution in [0.2, 0.25) is 5.02 Å². The van der Waals surface area contributed by atoms with E-state index in [0.717, 1.165) is 68.8 Å². The molecule has 1 fully saturated rings. The zero-order valence-electron chi connectivity index (χ0n) is 16.7. The first kappa shape index (κ1) is 19.6. The summed E-state index contributed by atoms with van der Waals surface area (Å²) in [5.41, 5.74) is 3.76. The molecule has 0 saturated carbocycles. The van der Waals surface area contributed by atoms with Gasteiger partial charge in [-0.3, -0.25) is 9.80 Å². The Kier molecular flexibility index (Phi) is 6.45. The minimum absolute atomic E-state index is 0.695. The highest BCUT2D eigenvalue weighted by Crippen LogP contribution is 2.27. The molecule has 2 aromatic rings. The van der Waals surface area contributed by atoms with Crippen LogP contribution in [-0.2, 0) is 19.4 Å². The molecular formula is C22H29ClN4O. The SMILES string of the molecule is Cc1nc2c(c(OCCN3CCN(Cc4ccc(Cl)cc4)CC3)n1)CCCC2. The van der Waals surface area contributed by atoms with E-state index in [-0.39, 0.29) is 0 Å². The van der Waals surface area contributed by atoms with E-state index in [2.05, 4.69) is 31.9 Å². The van der Waals surface area contributed by atoms with E-state index in [4.69, 9.17) is 16.3 Å². The summed E-state index contributed by atoms with van der Waals surface area (Å²) in [6.07, 6.45) is 4.55. The maximum absolute atomic E-state index is 6.10. The summed E-state index contributed by atoms with van der Waals surface area (Å²) in [6.45, 7) is 8.94. The van der Waals surface area contributed by atoms with Crippen LogP contribution in [0.25, 0.3) is 0 Å². The normalized spacial score (nSPS) is 18.1. The highest BCUT2D eigenvalue weighted by molar-refractivity contribution is 6.30. The highest BCUT2D eigenvalue weighted by atomic mass is 35.5. The Balaban J connectivity index is 1.23. The molecule has 150 valence electrons. The van der Waals surface area contributed by atoms with Crippen molar-refractivity contribution in [1.82, 2.24) is 19.8 Å². The summed E-state index contributed by atoms with van der Waals surface area (Å²) < 4.78 is 6.10. The van der Waals surface area contributed by atoms with Crippen molar-refractivity contribution in [1.29, 1.82) is 0 Å². The van der Waals surface area contributed by atoms with Gasteiger partial charge in [-0.15, -0.1) is 0 Å². The summed E-state index contributed by atoms with van der Waals surface area (Å²) in [4.78, 5) is 14.2. The van der Waals surface area contributed by atoms with Crippen molar-refractivity contribution in [2.75, 3.05) is 39.3 Å². The molecule has 0 N–H and O–H groups in total. The van der Waals surface area contributed by atoms with Crippen molar-refractivity contribution < 1.29 is 4.74 Å². The monoisotopic (exact) mass is 400 g/mol. The van der Waals surface area contributed by atoms with Crippen molar-refractivity contribution in [3.05, 3.63) is 51.9 Å². The highest BCUT2D eigenvalue weighted by Gasteiger charge is 2.19. The Labute approximate surface area is 172 Å². The van der Waals surface area contributed by atoms with Crippen molar-refractivity contribution >= 4 is 11.6 Å². The third-order valence-electron chi connectivity index (χ3n) is 5.69. The molecule has 6 heteroatoms. The van der Waals surface area contributed by atoms with E-state index in [0.29, 0.717) is 6.61 Å². The topological polar surface area (TPSA) is 41.5 Å². The molecule has 0 amide bonds. The molecule has 2 aliphatic rings. The second-order valence-electron chi connectivity index (χ2n) is 7.80. The summed E-state index contributed by atoms with van der Waals surface area (Å²) in [5.74, 6) is 1.65. The van der Waals surface area contributed by atoms with E-state index in [1.54, 1.807) is 0 Å². The molecule has 1 saturated heterocycles. The van der Waals surface area contributed by atoms with Crippen LogP contribution in [-0.4, -0.2) is 59.1 Å². The van der Waals surface area contributed by atoms with E-state index in [1.165, 1.54) is 29.7 Å². The molecule has 0 unspecified atom stereocenters. The van der Waals surface area contributed by atoms with Gasteiger partial charge in [-0.25, -0.2) is 4.98 Å². The summed E-state index contributed by atoms with van der Waals surface area (Å²) in [7, 11) is 0. The lowest BCUT2D eigenvalue weighted by Gasteiger charge is -2.34. The average Bonchev–Trinajstić information content (AvgIpc) is 2.71. The maximum atomic E-state index is 6.10. The number of benzene rings is 1. The van der Waals surface area contributed by atoms with Crippen LogP contribution in [0.15, 0.2) is 24.3 Å². The number of nitrogens with zero attached hydrogens (tertiary/aromatic N) is 4. The Morgan fingerprint density at radius 1 is 0.964 bits per heavy atom. The fourth-order valence-corrected chi connectivity index (χ4v) is 4.21. The number of aryl methyl sites for hydroxylation is 2. The van der Waals surface area contributed by atoms with Gasteiger partial charge in [-0.2, -0.15) is 4.98 Å². The zero-order chi connectivity index (χ0) is 19.3. The quantitative estimate of drug-likeness (QED) is 0.742. The molecule has 4 rings (SSSR count). The lowest BCUT2D eigenvalue weighted by atomic mass is 9.97. The number of hydrogen-bond donors (Lipinski definition) is 0. The van der Waals surface area contributed by atoms with Gasteiger partial charge in [-0.1, -0.05) is 23.7 Å². The smallest absolute Gasteiger partial charge is 0.220 e. The molecular weight excluding hydrogens is 372 g/mol. The van der Waals surface area contributed by atoms with Gasteiger partial charge in [0.15, 0.2) is 0 Å². The van der Waals surface area contributed by atoms with Crippen molar-refractivity contribution in [3.63, 3.8) is 0 Å². The molecule has 1 aliphatic carbocycles. The van der Waals surface area contributed by atoms with Crippen LogP contribution in [0.5, 0.6) is 5.88 Å². The average molecular weight is 401 g/mol. The van der Waals surface area contributed by atoms with Crippen LogP contribution in [0.4, 0.5) is 0 Å². The summed E-state index contributed by atoms with van der Waals surface area (Å²) in [6, 6.07) is 8.18. The molecule has 1 aliphatic heterocycles. The number of piperazine rings is 1. The van der Waals surface area contributed by atoms with Crippen LogP contribution < -0.4 is 4.74 Å². The number of aromatic nitrogens is 2. The Bertz CT molecular complexity index is 788. The van der Waals surface area contributed by atoms with Gasteiger partial charge in [0.2, 0.25) is 5.88 Å². The van der Waals surface area contributed by atoms with E-state index in [1.807, 2.05) is 19.1 Å². The van der Waals surface area contributed by atoms with Gasteiger partial charge in [0, 0.05) is 49.9 Å². The van der Waals surface area contributed by atoms with Gasteiger partial charge in [0.25, 0.3) is 0 Å². The molecule has 0 radical (unpaired) electrons. The van der Waals surface area contributed by atoms with E-state index >= 15 is 0 Å². The predicted molar refractivity (Wildman–Crippen MR) is 112 cm³/mol. The van der Waals surface area contributed by atoms with Gasteiger partial charge < -0.3 is 4.74 Å². The van der Waals surface area contributed by atoms with Crippen LogP contribution in [0.1, 0.15) is 35.5 Å². The van der Waals surface area contributed by atoms with Crippen LogP contribution >= 0.6 is 11.6 Å². The molecule has 0 atom stereocenters. The number of ether oxygens (including phenoxy) is 1. The first-order valence-electron chi connectivity index (χ1n) is 10.4. The second-order valence-corrected chi connectivity index (χ2v) is 8.24. The van der Waals surface area contributed by atoms with Gasteiger partial charge in [0.05, 0.1) is 5.69 Å². The molecule has 0 bridgehead atoms. The molecule has 28 heavy (non-hydrogen) atoms. The molecule has 2 heterocycles. The molecule has 1 aromatic heterocycles. The minimum Gasteiger partial charge on any atom is -0.476 e. The Hall–Kier alpha value is -1.69. The van der Waals surface area contributed by atoms with Gasteiger partial charge in [-0.05, 0) is 50.3 Å². The lowest BCUT2D eigenvalue weighted by molar-refractivity contribution is 0.111. The van der Waals surface area contributed by atoms with Crippen molar-refractivity contribution in [3.8, 4) is 5.88 Å². The first-order valence-corrected chi connectivity index (χ1v) is 10.7. The molecule has 1 aromatic carbocycles. The Morgan fingerprint density at radius 2 is 1.68 bits per heavy atom. The largest absolute Gasteiger partial charge is 0.476 e. The fourth-order valence-electron chi connectivity index (χ4n) is 4.09. The molecule has 0 spiro atoms. The van der Waals surface area contributed by atoms with Crippen LogP contribution in [0, 0.1) is 6.92 Å². The Morgan fingerprint density at radius 3 is 2.46 bits per heavy atom. The second kappa shape index (κ2) is 9.21. The maximum Gasteiger partial charge on any atom is 0.220 e. The third-order valence-corrected chi connectivity index (χ3v) is 5.94. The van der Waals surface area contributed by atoms with Gasteiger partial charge in [0.1, 0.15) is 12.4 Å². The first-order chi connectivity index (χ1) is 13.7. The number of fused-ring (bicyclic) bond motifs is 1. The van der Waals surface area contributed by atoms with Gasteiger partial charge >= 0.3 is 0 Å². The van der Waals surface area contributed by atoms with Crippen molar-refractivity contribution in [2.45, 2.75) is 39.2 Å². The zero-order valence-corrected chi connectivity index (χ0v) is 17.4. The van der Waals surface area contributed by atoms with E-state index in [9.17, 15) is 0 Å². The summed E-state index contributed by atoms with van der Waals surface area (Å²) in [5, 5.41) is 0.800. The number of halogens is 1. The lowest BCUT2D eigenvalue weighted by Crippen LogP contribution is -2.47. The third kappa shape index (κ3) is 5.02. The predicted octanol–water partition coefficient (Wildman–Crippen LogP) is 3.51. The molecule has 5 nitrogen and oxygen atoms in total. The number of rotatable bonds is 6. The fraction of sp³-hybridized carbons (Fsp3) is 0.545. The minimum atomic E-state index is 0.695. The van der Waals surface area contributed by atoms with Crippen molar-refractivity contribution in [2.24, 2.45) is 0 Å². The summed E-state index contributed by atoms with van der Waals surface area (Å²) >= 11 is 5.97. The standard InChI is InChI=1S/C22H29ClN4O/c1-17-24-21-5-3-2-4-20(21)22(25-17)28-15-14-26-10-12-27(13-11-26)16-18-6-8-19(23)9-7-18/h6-9H,2-5,10-16H2,1H3.